The summed E-state index contributed by atoms with van der Waals surface area (Å²) in [6.07, 6.45) is 4.92. The molecule has 2 N–H and O–H groups in total. The smallest absolute Gasteiger partial charge is 0.273 e. The minimum atomic E-state index is -1.03. The zero-order valence-corrected chi connectivity index (χ0v) is 19.3. The predicted octanol–water partition coefficient (Wildman–Crippen LogP) is 3.29. The molecule has 1 fully saturated rings. The molecule has 1 atom stereocenters. The number of anilines is 1. The van der Waals surface area contributed by atoms with Crippen molar-refractivity contribution in [2.24, 2.45) is 0 Å². The lowest BCUT2D eigenvalue weighted by molar-refractivity contribution is -0.133. The number of nitrogens with zero attached hydrogens (tertiary/aromatic N) is 2. The van der Waals surface area contributed by atoms with E-state index in [9.17, 15) is 14.4 Å². The van der Waals surface area contributed by atoms with Crippen molar-refractivity contribution in [1.29, 1.82) is 0 Å². The Balaban J connectivity index is 1.85. The molecule has 32 heavy (non-hydrogen) atoms. The summed E-state index contributed by atoms with van der Waals surface area (Å²) < 4.78 is 7.25. The highest BCUT2D eigenvalue weighted by Crippen LogP contribution is 2.40. The average molecular weight is 441 g/mol. The molecule has 1 aliphatic heterocycles. The molecule has 3 amide bonds. The van der Waals surface area contributed by atoms with Gasteiger partial charge in [-0.2, -0.15) is 0 Å². The fraction of sp³-hybridized carbons (Fsp3) is 0.542. The zero-order chi connectivity index (χ0) is 23.0. The third kappa shape index (κ3) is 3.61. The molecule has 8 nitrogen and oxygen atoms in total. The topological polar surface area (TPSA) is 92.7 Å². The van der Waals surface area contributed by atoms with Gasteiger partial charge in [-0.05, 0) is 44.4 Å². The second-order valence-electron chi connectivity index (χ2n) is 9.06. The third-order valence-electron chi connectivity index (χ3n) is 6.71. The van der Waals surface area contributed by atoms with Gasteiger partial charge < -0.3 is 24.8 Å². The number of hydrogen-bond donors (Lipinski definition) is 2. The number of ether oxygens (including phenoxy) is 1. The molecule has 2 aromatic rings. The van der Waals surface area contributed by atoms with E-state index in [1.165, 1.54) is 6.92 Å². The van der Waals surface area contributed by atoms with Gasteiger partial charge in [0, 0.05) is 24.9 Å². The van der Waals surface area contributed by atoms with E-state index >= 15 is 0 Å². The van der Waals surface area contributed by atoms with Gasteiger partial charge >= 0.3 is 0 Å². The normalized spacial score (nSPS) is 21.0. The van der Waals surface area contributed by atoms with E-state index in [2.05, 4.69) is 10.6 Å². The van der Waals surface area contributed by atoms with Crippen LogP contribution >= 0.6 is 0 Å². The maximum absolute atomic E-state index is 13.8. The first-order valence-corrected chi connectivity index (χ1v) is 11.4. The molecule has 2 aliphatic rings. The summed E-state index contributed by atoms with van der Waals surface area (Å²) in [4.78, 5) is 41.0. The number of carbonyl (C=O) groups excluding carboxylic acids is 3. The molecule has 0 radical (unpaired) electrons. The molecule has 4 rings (SSSR count). The number of aromatic nitrogens is 1. The second-order valence-corrected chi connectivity index (χ2v) is 9.06. The summed E-state index contributed by atoms with van der Waals surface area (Å²) in [6, 6.07) is 5.69. The van der Waals surface area contributed by atoms with Crippen LogP contribution in [0, 0.1) is 0 Å². The first-order chi connectivity index (χ1) is 15.3. The summed E-state index contributed by atoms with van der Waals surface area (Å²) in [6.45, 7) is 6.03. The molecule has 0 unspecified atom stereocenters. The van der Waals surface area contributed by atoms with Crippen molar-refractivity contribution in [2.45, 2.75) is 71.0 Å². The van der Waals surface area contributed by atoms with Crippen LogP contribution in [-0.2, 0) is 16.1 Å². The van der Waals surface area contributed by atoms with Gasteiger partial charge in [0.05, 0.1) is 24.9 Å². The lowest BCUT2D eigenvalue weighted by Crippen LogP contribution is -2.64. The average Bonchev–Trinajstić information content (AvgIpc) is 3.37. The Morgan fingerprint density at radius 2 is 1.97 bits per heavy atom. The second kappa shape index (κ2) is 8.48. The van der Waals surface area contributed by atoms with E-state index < -0.39 is 5.54 Å². The number of benzene rings is 1. The molecular formula is C24H32N4O4. The van der Waals surface area contributed by atoms with Gasteiger partial charge in [0.15, 0.2) is 0 Å². The number of amides is 3. The molecular weight excluding hydrogens is 408 g/mol. The van der Waals surface area contributed by atoms with Crippen molar-refractivity contribution in [2.75, 3.05) is 19.0 Å². The summed E-state index contributed by atoms with van der Waals surface area (Å²) in [5, 5.41) is 6.77. The standard InChI is InChI=1S/C24H32N4O4/c1-5-12-28-22(30)21-20(25-15(2)29)18-13-17(32-4)10-11-19(18)27(21)14-24(28,3)23(31)26-16-8-6-7-9-16/h10-11,13,16H,5-9,12,14H2,1-4H3,(H,25,29)(H,26,31)/t24-/m0/s1. The quantitative estimate of drug-likeness (QED) is 0.721. The fourth-order valence-electron chi connectivity index (χ4n) is 5.07. The number of nitrogens with one attached hydrogen (secondary N) is 2. The molecule has 1 aromatic carbocycles. The predicted molar refractivity (Wildman–Crippen MR) is 123 cm³/mol. The molecule has 1 saturated carbocycles. The van der Waals surface area contributed by atoms with Crippen LogP contribution in [0.15, 0.2) is 18.2 Å². The van der Waals surface area contributed by atoms with Crippen LogP contribution < -0.4 is 15.4 Å². The first-order valence-electron chi connectivity index (χ1n) is 11.4. The molecule has 1 aliphatic carbocycles. The molecule has 172 valence electrons. The van der Waals surface area contributed by atoms with E-state index in [4.69, 9.17) is 4.74 Å². The summed E-state index contributed by atoms with van der Waals surface area (Å²) in [5.41, 5.74) is 0.634. The zero-order valence-electron chi connectivity index (χ0n) is 19.3. The number of carbonyl (C=O) groups is 3. The Kier molecular flexibility index (Phi) is 5.88. The third-order valence-corrected chi connectivity index (χ3v) is 6.71. The van der Waals surface area contributed by atoms with Gasteiger partial charge in [0.2, 0.25) is 11.8 Å². The van der Waals surface area contributed by atoms with Crippen molar-refractivity contribution in [3.63, 3.8) is 0 Å². The Morgan fingerprint density at radius 1 is 1.25 bits per heavy atom. The lowest BCUT2D eigenvalue weighted by atomic mass is 9.93. The van der Waals surface area contributed by atoms with Crippen molar-refractivity contribution in [3.05, 3.63) is 23.9 Å². The van der Waals surface area contributed by atoms with Crippen LogP contribution in [0.3, 0.4) is 0 Å². The van der Waals surface area contributed by atoms with E-state index in [-0.39, 0.29) is 23.8 Å². The van der Waals surface area contributed by atoms with Crippen molar-refractivity contribution < 1.29 is 19.1 Å². The molecule has 1 aromatic heterocycles. The van der Waals surface area contributed by atoms with Crippen LogP contribution in [0.5, 0.6) is 5.75 Å². The maximum atomic E-state index is 13.8. The SMILES string of the molecule is CCCN1C(=O)c2c(NC(C)=O)c3cc(OC)ccc3n2C[C@@]1(C)C(=O)NC1CCCC1. The number of fused-ring (bicyclic) bond motifs is 3. The Morgan fingerprint density at radius 3 is 2.59 bits per heavy atom. The van der Waals surface area contributed by atoms with Crippen LogP contribution in [0.1, 0.15) is 63.4 Å². The van der Waals surface area contributed by atoms with Gasteiger partial charge in [-0.25, -0.2) is 0 Å². The van der Waals surface area contributed by atoms with Gasteiger partial charge in [0.1, 0.15) is 17.0 Å². The highest BCUT2D eigenvalue weighted by molar-refractivity contribution is 6.14. The number of methoxy groups -OCH3 is 1. The minimum absolute atomic E-state index is 0.117. The summed E-state index contributed by atoms with van der Waals surface area (Å²) in [5.74, 6) is 0.00583. The van der Waals surface area contributed by atoms with Crippen LogP contribution in [0.25, 0.3) is 10.9 Å². The van der Waals surface area contributed by atoms with Crippen molar-refractivity contribution in [1.82, 2.24) is 14.8 Å². The van der Waals surface area contributed by atoms with E-state index in [0.29, 0.717) is 30.2 Å². The van der Waals surface area contributed by atoms with Gasteiger partial charge in [-0.15, -0.1) is 0 Å². The molecule has 0 spiro atoms. The summed E-state index contributed by atoms with van der Waals surface area (Å²) in [7, 11) is 1.58. The number of hydrogen-bond acceptors (Lipinski definition) is 4. The van der Waals surface area contributed by atoms with Crippen molar-refractivity contribution >= 4 is 34.3 Å². The van der Waals surface area contributed by atoms with Crippen LogP contribution in [0.4, 0.5) is 5.69 Å². The Labute approximate surface area is 188 Å². The van der Waals surface area contributed by atoms with Crippen LogP contribution in [-0.4, -0.2) is 52.4 Å². The van der Waals surface area contributed by atoms with E-state index in [0.717, 1.165) is 43.0 Å². The molecule has 0 bridgehead atoms. The maximum Gasteiger partial charge on any atom is 0.273 e. The van der Waals surface area contributed by atoms with Crippen LogP contribution in [0.2, 0.25) is 0 Å². The molecule has 8 heteroatoms. The number of rotatable bonds is 6. The van der Waals surface area contributed by atoms with Crippen molar-refractivity contribution in [3.8, 4) is 5.75 Å². The highest BCUT2D eigenvalue weighted by atomic mass is 16.5. The van der Waals surface area contributed by atoms with E-state index in [1.807, 2.05) is 36.6 Å². The first kappa shape index (κ1) is 22.2. The monoisotopic (exact) mass is 440 g/mol. The summed E-state index contributed by atoms with van der Waals surface area (Å²) >= 11 is 0. The largest absolute Gasteiger partial charge is 0.497 e. The Bertz CT molecular complexity index is 1070. The van der Waals surface area contributed by atoms with Gasteiger partial charge in [-0.1, -0.05) is 19.8 Å². The van der Waals surface area contributed by atoms with E-state index in [1.54, 1.807) is 12.0 Å². The lowest BCUT2D eigenvalue weighted by Gasteiger charge is -2.44. The minimum Gasteiger partial charge on any atom is -0.497 e. The van der Waals surface area contributed by atoms with Gasteiger partial charge in [-0.3, -0.25) is 14.4 Å². The molecule has 0 saturated heterocycles. The highest BCUT2D eigenvalue weighted by Gasteiger charge is 2.49. The fourth-order valence-corrected chi connectivity index (χ4v) is 5.07. The molecule has 2 heterocycles. The van der Waals surface area contributed by atoms with Gasteiger partial charge in [0.25, 0.3) is 5.91 Å². The Hall–Kier alpha value is -3.03.